The molecule has 2 heterocycles. The number of esters is 1. The highest BCUT2D eigenvalue weighted by Crippen LogP contribution is 2.30. The van der Waals surface area contributed by atoms with Crippen LogP contribution in [-0.2, 0) is 30.7 Å². The van der Waals surface area contributed by atoms with Crippen molar-refractivity contribution in [2.45, 2.75) is 38.8 Å². The van der Waals surface area contributed by atoms with Gasteiger partial charge in [0.25, 0.3) is 5.56 Å². The number of aryl methyl sites for hydroxylation is 1. The lowest BCUT2D eigenvalue weighted by atomic mass is 9.96. The maximum Gasteiger partial charge on any atom is 0.339 e. The van der Waals surface area contributed by atoms with Gasteiger partial charge < -0.3 is 4.74 Å². The van der Waals surface area contributed by atoms with E-state index in [1.807, 2.05) is 11.4 Å². The maximum absolute atomic E-state index is 12.6. The van der Waals surface area contributed by atoms with Crippen LogP contribution in [0.1, 0.15) is 39.5 Å². The fourth-order valence-electron chi connectivity index (χ4n) is 3.43. The Morgan fingerprint density at radius 3 is 2.96 bits per heavy atom. The molecule has 4 rings (SSSR count). The van der Waals surface area contributed by atoms with Crippen molar-refractivity contribution in [3.8, 4) is 6.07 Å². The number of rotatable bonds is 4. The Hall–Kier alpha value is -2.98. The van der Waals surface area contributed by atoms with Gasteiger partial charge in [-0.1, -0.05) is 12.1 Å². The predicted molar refractivity (Wildman–Crippen MR) is 102 cm³/mol. The number of para-hydroxylation sites is 1. The molecule has 1 aliphatic rings. The van der Waals surface area contributed by atoms with E-state index < -0.39 is 5.97 Å². The first-order valence-corrected chi connectivity index (χ1v) is 9.69. The molecule has 6 nitrogen and oxygen atoms in total. The summed E-state index contributed by atoms with van der Waals surface area (Å²) < 4.78 is 6.73. The van der Waals surface area contributed by atoms with E-state index in [1.54, 1.807) is 35.6 Å². The number of hydrogen-bond acceptors (Lipinski definition) is 6. The molecule has 0 saturated carbocycles. The lowest BCUT2D eigenvalue weighted by Gasteiger charge is -2.13. The molecular formula is C20H17N3O3S. The van der Waals surface area contributed by atoms with Gasteiger partial charge in [-0.15, -0.1) is 11.3 Å². The number of fused-ring (bicyclic) bond motifs is 2. The Balaban J connectivity index is 1.63. The van der Waals surface area contributed by atoms with E-state index in [0.29, 0.717) is 16.5 Å². The van der Waals surface area contributed by atoms with Crippen molar-refractivity contribution in [1.82, 2.24) is 9.55 Å². The predicted octanol–water partition coefficient (Wildman–Crippen LogP) is 3.22. The molecule has 0 saturated heterocycles. The average Bonchev–Trinajstić information content (AvgIpc) is 3.13. The van der Waals surface area contributed by atoms with Crippen molar-refractivity contribution in [2.75, 3.05) is 0 Å². The molecular weight excluding hydrogens is 362 g/mol. The van der Waals surface area contributed by atoms with Gasteiger partial charge in [0.05, 0.1) is 22.5 Å². The van der Waals surface area contributed by atoms with Crippen molar-refractivity contribution >= 4 is 28.2 Å². The third-order valence-electron chi connectivity index (χ3n) is 4.78. The Bertz CT molecular complexity index is 1120. The molecule has 0 aliphatic heterocycles. The van der Waals surface area contributed by atoms with Crippen LogP contribution in [0.25, 0.3) is 10.9 Å². The molecule has 0 atom stereocenters. The minimum absolute atomic E-state index is 0.141. The van der Waals surface area contributed by atoms with Crippen LogP contribution in [0.3, 0.4) is 0 Å². The first-order valence-electron chi connectivity index (χ1n) is 8.81. The molecule has 0 spiro atoms. The highest BCUT2D eigenvalue weighted by Gasteiger charge is 2.22. The van der Waals surface area contributed by atoms with Crippen molar-refractivity contribution in [1.29, 1.82) is 5.26 Å². The fourth-order valence-corrected chi connectivity index (χ4v) is 4.55. The van der Waals surface area contributed by atoms with E-state index in [4.69, 9.17) is 10.00 Å². The maximum atomic E-state index is 12.6. The minimum Gasteiger partial charge on any atom is -0.454 e. The SMILES string of the molecule is N#CCn1c(COC(=O)c2csc3c2CCCC3)nc2ccccc2c1=O. The average molecular weight is 379 g/mol. The van der Waals surface area contributed by atoms with Crippen molar-refractivity contribution < 1.29 is 9.53 Å². The van der Waals surface area contributed by atoms with Crippen molar-refractivity contribution in [3.05, 3.63) is 61.8 Å². The molecule has 3 aromatic rings. The third-order valence-corrected chi connectivity index (χ3v) is 5.87. The third kappa shape index (κ3) is 3.24. The first-order chi connectivity index (χ1) is 13.2. The fraction of sp³-hybridized carbons (Fsp3) is 0.300. The molecule has 136 valence electrons. The van der Waals surface area contributed by atoms with Crippen molar-refractivity contribution in [2.24, 2.45) is 0 Å². The largest absolute Gasteiger partial charge is 0.454 e. The van der Waals surface area contributed by atoms with Crippen LogP contribution in [0.4, 0.5) is 0 Å². The number of carbonyl (C=O) groups is 1. The zero-order chi connectivity index (χ0) is 18.8. The standard InChI is InChI=1S/C20H17N3O3S/c21-9-10-23-18(22-16-7-3-1-6-14(16)19(23)24)11-26-20(25)15-12-27-17-8-4-2-5-13(15)17/h1,3,6-7,12H,2,4-5,8,10-11H2. The number of nitriles is 1. The number of nitrogens with zero attached hydrogens (tertiary/aromatic N) is 3. The Labute approximate surface area is 159 Å². The van der Waals surface area contributed by atoms with Gasteiger partial charge in [0, 0.05) is 10.3 Å². The van der Waals surface area contributed by atoms with Crippen LogP contribution in [-0.4, -0.2) is 15.5 Å². The van der Waals surface area contributed by atoms with E-state index in [2.05, 4.69) is 4.98 Å². The van der Waals surface area contributed by atoms with Gasteiger partial charge in [-0.05, 0) is 43.4 Å². The normalized spacial score (nSPS) is 13.1. The van der Waals surface area contributed by atoms with Crippen LogP contribution >= 0.6 is 11.3 Å². The van der Waals surface area contributed by atoms with E-state index in [1.165, 1.54) is 9.44 Å². The highest BCUT2D eigenvalue weighted by molar-refractivity contribution is 7.10. The monoisotopic (exact) mass is 379 g/mol. The highest BCUT2D eigenvalue weighted by atomic mass is 32.1. The molecule has 1 aromatic carbocycles. The summed E-state index contributed by atoms with van der Waals surface area (Å²) in [7, 11) is 0. The van der Waals surface area contributed by atoms with Gasteiger partial charge in [-0.25, -0.2) is 9.78 Å². The summed E-state index contributed by atoms with van der Waals surface area (Å²) in [5.74, 6) is -0.127. The molecule has 0 fully saturated rings. The number of carbonyl (C=O) groups excluding carboxylic acids is 1. The molecule has 0 radical (unpaired) electrons. The van der Waals surface area contributed by atoms with Crippen molar-refractivity contribution in [3.63, 3.8) is 0 Å². The molecule has 0 unspecified atom stereocenters. The second-order valence-electron chi connectivity index (χ2n) is 6.43. The quantitative estimate of drug-likeness (QED) is 0.650. The van der Waals surface area contributed by atoms with Gasteiger partial charge in [-0.3, -0.25) is 9.36 Å². The summed E-state index contributed by atoms with van der Waals surface area (Å²) in [4.78, 5) is 30.9. The molecule has 0 amide bonds. The van der Waals surface area contributed by atoms with Crippen LogP contribution in [0.2, 0.25) is 0 Å². The van der Waals surface area contributed by atoms with E-state index >= 15 is 0 Å². The summed E-state index contributed by atoms with van der Waals surface area (Å²) in [5, 5.41) is 11.4. The topological polar surface area (TPSA) is 85.0 Å². The number of thiophene rings is 1. The van der Waals surface area contributed by atoms with Crippen LogP contribution < -0.4 is 5.56 Å². The lowest BCUT2D eigenvalue weighted by Crippen LogP contribution is -2.26. The van der Waals surface area contributed by atoms with Gasteiger partial charge in [0.15, 0.2) is 5.82 Å². The van der Waals surface area contributed by atoms with Gasteiger partial charge >= 0.3 is 5.97 Å². The van der Waals surface area contributed by atoms with E-state index in [9.17, 15) is 9.59 Å². The first kappa shape index (κ1) is 17.4. The minimum atomic E-state index is -0.402. The molecule has 1 aliphatic carbocycles. The van der Waals surface area contributed by atoms with Gasteiger partial charge in [0.1, 0.15) is 13.2 Å². The number of aromatic nitrogens is 2. The zero-order valence-corrected chi connectivity index (χ0v) is 15.4. The summed E-state index contributed by atoms with van der Waals surface area (Å²) in [6, 6.07) is 8.91. The molecule has 27 heavy (non-hydrogen) atoms. The number of ether oxygens (including phenoxy) is 1. The molecule has 0 bridgehead atoms. The van der Waals surface area contributed by atoms with E-state index in [-0.39, 0.29) is 24.5 Å². The number of hydrogen-bond donors (Lipinski definition) is 0. The summed E-state index contributed by atoms with van der Waals surface area (Å²) in [5.41, 5.74) is 1.93. The Morgan fingerprint density at radius 1 is 1.30 bits per heavy atom. The second-order valence-corrected chi connectivity index (χ2v) is 7.39. The molecule has 2 aromatic heterocycles. The molecule has 7 heteroatoms. The number of benzene rings is 1. The lowest BCUT2D eigenvalue weighted by molar-refractivity contribution is 0.0456. The molecule has 0 N–H and O–H groups in total. The van der Waals surface area contributed by atoms with Crippen LogP contribution in [0.5, 0.6) is 0 Å². The van der Waals surface area contributed by atoms with E-state index in [0.717, 1.165) is 31.2 Å². The summed E-state index contributed by atoms with van der Waals surface area (Å²) >= 11 is 1.60. The Kier molecular flexibility index (Phi) is 4.73. The smallest absolute Gasteiger partial charge is 0.339 e. The van der Waals surface area contributed by atoms with Crippen LogP contribution in [0.15, 0.2) is 34.4 Å². The van der Waals surface area contributed by atoms with Gasteiger partial charge in [-0.2, -0.15) is 5.26 Å². The second kappa shape index (κ2) is 7.33. The summed E-state index contributed by atoms with van der Waals surface area (Å²) in [6.45, 7) is -0.289. The van der Waals surface area contributed by atoms with Gasteiger partial charge in [0.2, 0.25) is 0 Å². The summed E-state index contributed by atoms with van der Waals surface area (Å²) in [6.07, 6.45) is 4.15. The van der Waals surface area contributed by atoms with Crippen LogP contribution in [0, 0.1) is 11.3 Å². The Morgan fingerprint density at radius 2 is 2.11 bits per heavy atom. The zero-order valence-electron chi connectivity index (χ0n) is 14.6.